The molecule has 8 heteroatoms. The molecule has 4 aromatic rings. The number of aromatic amines is 2. The lowest BCUT2D eigenvalue weighted by Gasteiger charge is -2.34. The van der Waals surface area contributed by atoms with Crippen molar-refractivity contribution < 1.29 is 9.59 Å². The first-order valence-corrected chi connectivity index (χ1v) is 12.3. The molecule has 2 N–H and O–H groups in total. The second kappa shape index (κ2) is 9.74. The number of H-pyrrole nitrogens is 2. The molecule has 1 aromatic carbocycles. The fourth-order valence-electron chi connectivity index (χ4n) is 4.86. The Morgan fingerprint density at radius 3 is 2.23 bits per heavy atom. The molecule has 3 aromatic heterocycles. The fourth-order valence-corrected chi connectivity index (χ4v) is 4.86. The maximum Gasteiger partial charge on any atom is 0.253 e. The molecular weight excluding hydrogens is 440 g/mol. The number of hydrogen-bond acceptors (Lipinski definition) is 4. The van der Waals surface area contributed by atoms with Crippen molar-refractivity contribution in [2.45, 2.75) is 26.7 Å². The van der Waals surface area contributed by atoms with Crippen LogP contribution in [0.15, 0.2) is 54.9 Å². The third kappa shape index (κ3) is 4.43. The van der Waals surface area contributed by atoms with Crippen LogP contribution in [0, 0.1) is 5.92 Å². The van der Waals surface area contributed by atoms with Gasteiger partial charge in [0, 0.05) is 44.1 Å². The minimum atomic E-state index is -0.143. The first-order chi connectivity index (χ1) is 17.1. The number of hydrogen-bond donors (Lipinski definition) is 2. The van der Waals surface area contributed by atoms with Gasteiger partial charge in [0.15, 0.2) is 0 Å². The van der Waals surface area contributed by atoms with Crippen LogP contribution < -0.4 is 0 Å². The Balaban J connectivity index is 1.46. The van der Waals surface area contributed by atoms with Gasteiger partial charge in [0.2, 0.25) is 5.91 Å². The smallest absolute Gasteiger partial charge is 0.253 e. The Kier molecular flexibility index (Phi) is 6.35. The summed E-state index contributed by atoms with van der Waals surface area (Å²) < 4.78 is 0. The minimum absolute atomic E-state index is 0.0689. The predicted molar refractivity (Wildman–Crippen MR) is 136 cm³/mol. The topological polar surface area (TPSA) is 98.0 Å². The molecule has 1 aliphatic heterocycles. The van der Waals surface area contributed by atoms with Crippen LogP contribution in [-0.2, 0) is 4.79 Å². The molecule has 0 aliphatic carbocycles. The van der Waals surface area contributed by atoms with Crippen molar-refractivity contribution in [3.05, 3.63) is 60.4 Å². The van der Waals surface area contributed by atoms with Gasteiger partial charge in [-0.05, 0) is 69.2 Å². The Bertz CT molecular complexity index is 1330. The second-order valence-electron chi connectivity index (χ2n) is 8.89. The molecule has 0 bridgehead atoms. The van der Waals surface area contributed by atoms with Crippen molar-refractivity contribution in [1.82, 2.24) is 29.7 Å². The SMILES string of the molecule is CCN(CC)C(=O)[C@@H]1CCCN(C(=O)c2ccc3nc(-c4ccc[nH]4)c(-c4ccc[nH]4)nc3c2)C1. The van der Waals surface area contributed by atoms with Crippen LogP contribution in [0.5, 0.6) is 0 Å². The highest BCUT2D eigenvalue weighted by atomic mass is 16.2. The number of likely N-dealkylation sites (tertiary alicyclic amines) is 1. The average Bonchev–Trinajstić information content (AvgIpc) is 3.63. The van der Waals surface area contributed by atoms with Gasteiger partial charge in [0.1, 0.15) is 11.4 Å². The third-order valence-electron chi connectivity index (χ3n) is 6.75. The third-order valence-corrected chi connectivity index (χ3v) is 6.75. The summed E-state index contributed by atoms with van der Waals surface area (Å²) in [6.45, 7) is 6.48. The Hall–Kier alpha value is -3.94. The number of rotatable bonds is 6. The summed E-state index contributed by atoms with van der Waals surface area (Å²) in [5.74, 6) is -0.0689. The number of nitrogens with zero attached hydrogens (tertiary/aromatic N) is 4. The molecule has 0 saturated carbocycles. The van der Waals surface area contributed by atoms with Gasteiger partial charge in [-0.3, -0.25) is 9.59 Å². The monoisotopic (exact) mass is 470 g/mol. The van der Waals surface area contributed by atoms with E-state index in [2.05, 4.69) is 9.97 Å². The highest BCUT2D eigenvalue weighted by Crippen LogP contribution is 2.30. The number of amides is 2. The molecule has 0 radical (unpaired) electrons. The first kappa shape index (κ1) is 22.8. The molecule has 1 aliphatic rings. The molecule has 5 rings (SSSR count). The van der Waals surface area contributed by atoms with Gasteiger partial charge in [-0.2, -0.15) is 0 Å². The van der Waals surface area contributed by atoms with Gasteiger partial charge < -0.3 is 19.8 Å². The van der Waals surface area contributed by atoms with Crippen molar-refractivity contribution in [2.24, 2.45) is 5.92 Å². The molecule has 1 fully saturated rings. The molecular formula is C27H30N6O2. The molecule has 4 heterocycles. The van der Waals surface area contributed by atoms with Crippen LogP contribution in [-0.4, -0.2) is 67.7 Å². The Labute approximate surface area is 204 Å². The van der Waals surface area contributed by atoms with Crippen molar-refractivity contribution in [1.29, 1.82) is 0 Å². The summed E-state index contributed by atoms with van der Waals surface area (Å²) >= 11 is 0. The zero-order valence-corrected chi connectivity index (χ0v) is 20.1. The molecule has 8 nitrogen and oxygen atoms in total. The largest absolute Gasteiger partial charge is 0.360 e. The number of fused-ring (bicyclic) bond motifs is 1. The maximum atomic E-state index is 13.4. The van der Waals surface area contributed by atoms with E-state index in [1.54, 1.807) is 0 Å². The van der Waals surface area contributed by atoms with Crippen LogP contribution in [0.25, 0.3) is 33.8 Å². The van der Waals surface area contributed by atoms with Crippen molar-refractivity contribution in [3.8, 4) is 22.8 Å². The van der Waals surface area contributed by atoms with Crippen LogP contribution in [0.1, 0.15) is 37.0 Å². The van der Waals surface area contributed by atoms with Crippen LogP contribution >= 0.6 is 0 Å². The average molecular weight is 471 g/mol. The fraction of sp³-hybridized carbons (Fsp3) is 0.333. The molecule has 1 atom stereocenters. The van der Waals surface area contributed by atoms with Crippen molar-refractivity contribution >= 4 is 22.8 Å². The van der Waals surface area contributed by atoms with Crippen LogP contribution in [0.2, 0.25) is 0 Å². The predicted octanol–water partition coefficient (Wildman–Crippen LogP) is 4.34. The lowest BCUT2D eigenvalue weighted by molar-refractivity contribution is -0.136. The normalized spacial score (nSPS) is 15.9. The summed E-state index contributed by atoms with van der Waals surface area (Å²) in [4.78, 5) is 46.2. The number of aromatic nitrogens is 4. The quantitative estimate of drug-likeness (QED) is 0.438. The van der Waals surface area contributed by atoms with Gasteiger partial charge in [-0.15, -0.1) is 0 Å². The van der Waals surface area contributed by atoms with E-state index in [1.807, 2.05) is 78.5 Å². The van der Waals surface area contributed by atoms with Gasteiger partial charge in [0.05, 0.1) is 28.3 Å². The van der Waals surface area contributed by atoms with E-state index in [-0.39, 0.29) is 17.7 Å². The summed E-state index contributed by atoms with van der Waals surface area (Å²) in [7, 11) is 0. The van der Waals surface area contributed by atoms with E-state index in [0.29, 0.717) is 37.3 Å². The Morgan fingerprint density at radius 2 is 1.63 bits per heavy atom. The van der Waals surface area contributed by atoms with E-state index >= 15 is 0 Å². The zero-order valence-electron chi connectivity index (χ0n) is 20.1. The number of benzene rings is 1. The molecule has 0 unspecified atom stereocenters. The summed E-state index contributed by atoms with van der Waals surface area (Å²) in [6.07, 6.45) is 5.36. The highest BCUT2D eigenvalue weighted by molar-refractivity contribution is 5.98. The van der Waals surface area contributed by atoms with Gasteiger partial charge >= 0.3 is 0 Å². The van der Waals surface area contributed by atoms with Gasteiger partial charge in [-0.25, -0.2) is 9.97 Å². The minimum Gasteiger partial charge on any atom is -0.360 e. The van der Waals surface area contributed by atoms with E-state index in [9.17, 15) is 9.59 Å². The lowest BCUT2D eigenvalue weighted by Crippen LogP contribution is -2.46. The Morgan fingerprint density at radius 1 is 0.971 bits per heavy atom. The molecule has 35 heavy (non-hydrogen) atoms. The zero-order chi connectivity index (χ0) is 24.4. The van der Waals surface area contributed by atoms with E-state index < -0.39 is 0 Å². The van der Waals surface area contributed by atoms with E-state index in [1.165, 1.54) is 0 Å². The molecule has 2 amide bonds. The maximum absolute atomic E-state index is 13.4. The molecule has 180 valence electrons. The van der Waals surface area contributed by atoms with Crippen molar-refractivity contribution in [3.63, 3.8) is 0 Å². The van der Waals surface area contributed by atoms with Crippen LogP contribution in [0.3, 0.4) is 0 Å². The standard InChI is InChI=1S/C27H30N6O2/c1-3-32(4-2)27(35)19-8-7-15-33(17-19)26(34)18-11-12-20-23(16-18)31-25(22-10-6-14-29-22)24(30-20)21-9-5-13-28-21/h5-6,9-14,16,19,28-29H,3-4,7-8,15,17H2,1-2H3/t19-/m1/s1. The first-order valence-electron chi connectivity index (χ1n) is 12.3. The number of nitrogens with one attached hydrogen (secondary N) is 2. The number of carbonyl (C=O) groups excluding carboxylic acids is 2. The van der Waals surface area contributed by atoms with E-state index in [4.69, 9.17) is 9.97 Å². The summed E-state index contributed by atoms with van der Waals surface area (Å²) in [5, 5.41) is 0. The van der Waals surface area contributed by atoms with Crippen LogP contribution in [0.4, 0.5) is 0 Å². The molecule has 1 saturated heterocycles. The van der Waals surface area contributed by atoms with Crippen molar-refractivity contribution in [2.75, 3.05) is 26.2 Å². The van der Waals surface area contributed by atoms with E-state index in [0.717, 1.165) is 41.1 Å². The van der Waals surface area contributed by atoms with Gasteiger partial charge in [0.25, 0.3) is 5.91 Å². The number of carbonyl (C=O) groups is 2. The second-order valence-corrected chi connectivity index (χ2v) is 8.89. The summed E-state index contributed by atoms with van der Waals surface area (Å²) in [5.41, 5.74) is 5.14. The molecule has 0 spiro atoms. The summed E-state index contributed by atoms with van der Waals surface area (Å²) in [6, 6.07) is 13.2. The lowest BCUT2D eigenvalue weighted by atomic mass is 9.95. The highest BCUT2D eigenvalue weighted by Gasteiger charge is 2.31. The number of piperidine rings is 1. The van der Waals surface area contributed by atoms with Gasteiger partial charge in [-0.1, -0.05) is 0 Å².